The van der Waals surface area contributed by atoms with Crippen LogP contribution >= 0.6 is 22.6 Å². The Bertz CT molecular complexity index is 1350. The van der Waals surface area contributed by atoms with Crippen molar-refractivity contribution in [2.24, 2.45) is 0 Å². The van der Waals surface area contributed by atoms with Crippen LogP contribution in [-0.4, -0.2) is 54.1 Å². The molecule has 13 heteroatoms. The quantitative estimate of drug-likeness (QED) is 0.276. The molecule has 0 saturated carbocycles. The van der Waals surface area contributed by atoms with Crippen molar-refractivity contribution < 1.29 is 30.8 Å². The monoisotopic (exact) mass is 648 g/mol. The van der Waals surface area contributed by atoms with Crippen LogP contribution in [0.1, 0.15) is 30.9 Å². The molecule has 0 aliphatic carbocycles. The highest BCUT2D eigenvalue weighted by Crippen LogP contribution is 2.33. The SMILES string of the molecule is CC(C)(I)c1ccc(N(Cc2ccc(-c3nnc(C(F)(F)F)o3)cc2)C(=O)N2CCS(=O)(=O)CC2)cc1. The molecule has 0 bridgehead atoms. The third-order valence-corrected chi connectivity index (χ3v) is 8.15. The minimum atomic E-state index is -4.73. The molecule has 37 heavy (non-hydrogen) atoms. The molecule has 0 atom stereocenters. The highest BCUT2D eigenvalue weighted by Gasteiger charge is 2.38. The Morgan fingerprint density at radius 3 is 2.14 bits per heavy atom. The third kappa shape index (κ3) is 6.61. The Morgan fingerprint density at radius 1 is 1.03 bits per heavy atom. The fourth-order valence-corrected chi connectivity index (χ4v) is 5.33. The van der Waals surface area contributed by atoms with E-state index in [-0.39, 0.29) is 46.5 Å². The van der Waals surface area contributed by atoms with E-state index in [9.17, 15) is 26.4 Å². The van der Waals surface area contributed by atoms with Gasteiger partial charge in [-0.15, -0.1) is 10.2 Å². The number of aromatic nitrogens is 2. The molecule has 2 amide bonds. The zero-order chi connectivity index (χ0) is 27.0. The number of urea groups is 1. The predicted molar refractivity (Wildman–Crippen MR) is 140 cm³/mol. The Hall–Kier alpha value is -2.68. The number of benzene rings is 2. The van der Waals surface area contributed by atoms with E-state index in [1.807, 2.05) is 24.3 Å². The van der Waals surface area contributed by atoms with E-state index in [1.165, 1.54) is 4.90 Å². The summed E-state index contributed by atoms with van der Waals surface area (Å²) in [4.78, 5) is 16.6. The minimum absolute atomic E-state index is 0.0899. The highest BCUT2D eigenvalue weighted by molar-refractivity contribution is 14.1. The van der Waals surface area contributed by atoms with Crippen molar-refractivity contribution in [3.63, 3.8) is 0 Å². The second-order valence-electron chi connectivity index (χ2n) is 9.13. The summed E-state index contributed by atoms with van der Waals surface area (Å²) in [5, 5.41) is 6.50. The van der Waals surface area contributed by atoms with Crippen molar-refractivity contribution in [3.8, 4) is 11.5 Å². The van der Waals surface area contributed by atoms with Crippen LogP contribution in [0.5, 0.6) is 0 Å². The van der Waals surface area contributed by atoms with Crippen LogP contribution in [0.15, 0.2) is 52.9 Å². The van der Waals surface area contributed by atoms with Crippen molar-refractivity contribution in [2.45, 2.75) is 30.0 Å². The molecule has 0 radical (unpaired) electrons. The number of hydrogen-bond acceptors (Lipinski definition) is 6. The van der Waals surface area contributed by atoms with E-state index in [0.29, 0.717) is 16.8 Å². The van der Waals surface area contributed by atoms with Gasteiger partial charge in [-0.05, 0) is 49.2 Å². The zero-order valence-corrected chi connectivity index (χ0v) is 23.0. The third-order valence-electron chi connectivity index (χ3n) is 5.92. The summed E-state index contributed by atoms with van der Waals surface area (Å²) in [6, 6.07) is 13.7. The molecule has 1 fully saturated rings. The summed E-state index contributed by atoms with van der Waals surface area (Å²) in [5.74, 6) is -1.87. The summed E-state index contributed by atoms with van der Waals surface area (Å²) in [6.07, 6.45) is -4.73. The average Bonchev–Trinajstić information content (AvgIpc) is 3.33. The normalized spacial score (nSPS) is 16.0. The first-order valence-corrected chi connectivity index (χ1v) is 14.2. The van der Waals surface area contributed by atoms with E-state index in [2.05, 4.69) is 46.6 Å². The molecule has 1 saturated heterocycles. The molecular formula is C24H24F3IN4O4S. The van der Waals surface area contributed by atoms with Crippen LogP contribution in [0.25, 0.3) is 11.5 Å². The summed E-state index contributed by atoms with van der Waals surface area (Å²) in [7, 11) is -3.16. The number of nitrogens with zero attached hydrogens (tertiary/aromatic N) is 4. The van der Waals surface area contributed by atoms with Gasteiger partial charge in [-0.1, -0.05) is 46.9 Å². The van der Waals surface area contributed by atoms with Crippen LogP contribution < -0.4 is 4.90 Å². The van der Waals surface area contributed by atoms with Crippen LogP contribution in [0, 0.1) is 0 Å². The van der Waals surface area contributed by atoms with Gasteiger partial charge in [0.15, 0.2) is 9.84 Å². The van der Waals surface area contributed by atoms with Crippen molar-refractivity contribution in [1.29, 1.82) is 0 Å². The number of halogens is 4. The van der Waals surface area contributed by atoms with Crippen molar-refractivity contribution >= 4 is 44.1 Å². The maximum Gasteiger partial charge on any atom is 0.470 e. The number of carbonyl (C=O) groups is 1. The number of anilines is 1. The van der Waals surface area contributed by atoms with Gasteiger partial charge in [-0.3, -0.25) is 4.90 Å². The van der Waals surface area contributed by atoms with Gasteiger partial charge in [-0.25, -0.2) is 13.2 Å². The molecule has 1 aromatic heterocycles. The van der Waals surface area contributed by atoms with Gasteiger partial charge >= 0.3 is 18.1 Å². The molecular weight excluding hydrogens is 624 g/mol. The van der Waals surface area contributed by atoms with E-state index < -0.39 is 21.9 Å². The number of hydrogen-bond donors (Lipinski definition) is 0. The molecule has 3 aromatic rings. The summed E-state index contributed by atoms with van der Waals surface area (Å²) in [6.45, 7) is 4.51. The predicted octanol–water partition coefficient (Wildman–Crippen LogP) is 5.28. The minimum Gasteiger partial charge on any atom is -0.413 e. The van der Waals surface area contributed by atoms with Crippen molar-refractivity contribution in [1.82, 2.24) is 15.1 Å². The number of amides is 2. The lowest BCUT2D eigenvalue weighted by molar-refractivity contribution is -0.156. The van der Waals surface area contributed by atoms with Crippen LogP contribution in [0.3, 0.4) is 0 Å². The maximum absolute atomic E-state index is 13.5. The fraction of sp³-hybridized carbons (Fsp3) is 0.375. The lowest BCUT2D eigenvalue weighted by Crippen LogP contribution is -2.49. The van der Waals surface area contributed by atoms with E-state index in [0.717, 1.165) is 5.56 Å². The molecule has 0 spiro atoms. The highest BCUT2D eigenvalue weighted by atomic mass is 127. The maximum atomic E-state index is 13.5. The molecule has 0 unspecified atom stereocenters. The summed E-state index contributed by atoms with van der Waals surface area (Å²) < 4.78 is 66.7. The lowest BCUT2D eigenvalue weighted by Gasteiger charge is -2.33. The standard InChI is InChI=1S/C24H24F3IN4O4S/c1-23(2,28)18-7-9-19(10-8-18)32(22(33)31-11-13-37(34,35)14-12-31)15-16-3-5-17(6-4-16)20-29-30-21(36-20)24(25,26)27/h3-10H,11-15H2,1-2H3. The number of rotatable bonds is 5. The van der Waals surface area contributed by atoms with Crippen LogP contribution in [-0.2, 0) is 26.0 Å². The van der Waals surface area contributed by atoms with E-state index in [1.54, 1.807) is 29.2 Å². The molecule has 4 rings (SSSR count). The van der Waals surface area contributed by atoms with E-state index in [4.69, 9.17) is 4.42 Å². The van der Waals surface area contributed by atoms with Gasteiger partial charge < -0.3 is 9.32 Å². The van der Waals surface area contributed by atoms with Gasteiger partial charge in [-0.2, -0.15) is 13.2 Å². The summed E-state index contributed by atoms with van der Waals surface area (Å²) >= 11 is 2.33. The number of alkyl halides is 4. The molecule has 1 aliphatic rings. The molecule has 2 aromatic carbocycles. The topological polar surface area (TPSA) is 96.6 Å². The second kappa shape index (κ2) is 10.2. The Balaban J connectivity index is 1.59. The molecule has 198 valence electrons. The molecule has 1 aliphatic heterocycles. The van der Waals surface area contributed by atoms with Crippen molar-refractivity contribution in [3.05, 3.63) is 65.5 Å². The van der Waals surface area contributed by atoms with Gasteiger partial charge in [0.25, 0.3) is 0 Å². The van der Waals surface area contributed by atoms with Gasteiger partial charge in [0.05, 0.1) is 18.1 Å². The average molecular weight is 648 g/mol. The fourth-order valence-electron chi connectivity index (χ4n) is 3.77. The van der Waals surface area contributed by atoms with Crippen LogP contribution in [0.4, 0.5) is 23.7 Å². The number of sulfone groups is 1. The molecule has 8 nitrogen and oxygen atoms in total. The number of carbonyl (C=O) groups excluding carboxylic acids is 1. The van der Waals surface area contributed by atoms with Gasteiger partial charge in [0, 0.05) is 27.8 Å². The largest absolute Gasteiger partial charge is 0.470 e. The second-order valence-corrected chi connectivity index (χ2v) is 14.1. The first-order chi connectivity index (χ1) is 17.2. The molecule has 0 N–H and O–H groups in total. The van der Waals surface area contributed by atoms with Gasteiger partial charge in [0.2, 0.25) is 5.89 Å². The lowest BCUT2D eigenvalue weighted by atomic mass is 10.0. The Kier molecular flexibility index (Phi) is 7.57. The van der Waals surface area contributed by atoms with Gasteiger partial charge in [0.1, 0.15) is 0 Å². The first kappa shape index (κ1) is 27.4. The van der Waals surface area contributed by atoms with E-state index >= 15 is 0 Å². The first-order valence-electron chi connectivity index (χ1n) is 11.3. The molecule has 2 heterocycles. The Labute approximate surface area is 225 Å². The summed E-state index contributed by atoms with van der Waals surface area (Å²) in [5.41, 5.74) is 2.73. The Morgan fingerprint density at radius 2 is 1.62 bits per heavy atom. The smallest absolute Gasteiger partial charge is 0.413 e. The van der Waals surface area contributed by atoms with Crippen LogP contribution in [0.2, 0.25) is 0 Å². The van der Waals surface area contributed by atoms with Crippen molar-refractivity contribution in [2.75, 3.05) is 29.5 Å². The zero-order valence-electron chi connectivity index (χ0n) is 20.0.